The van der Waals surface area contributed by atoms with Crippen LogP contribution in [-0.4, -0.2) is 49.6 Å². The van der Waals surface area contributed by atoms with E-state index in [0.717, 1.165) is 0 Å². The van der Waals surface area contributed by atoms with E-state index in [1.54, 1.807) is 14.1 Å². The molecule has 0 spiro atoms. The van der Waals surface area contributed by atoms with Crippen LogP contribution in [0.25, 0.3) is 0 Å². The fourth-order valence-corrected chi connectivity index (χ4v) is 2.73. The predicted octanol–water partition coefficient (Wildman–Crippen LogP) is 0.191. The summed E-state index contributed by atoms with van der Waals surface area (Å²) in [7, 11) is -0.534. The number of carbonyl (C=O) groups excluding carboxylic acids is 1. The van der Waals surface area contributed by atoms with Gasteiger partial charge in [0.15, 0.2) is 0 Å². The minimum absolute atomic E-state index is 0.0211. The zero-order valence-corrected chi connectivity index (χ0v) is 12.4. The summed E-state index contributed by atoms with van der Waals surface area (Å²) in [4.78, 5) is 13.4. The van der Waals surface area contributed by atoms with Crippen LogP contribution in [0.15, 0.2) is 17.3 Å². The molecule has 8 heteroatoms. The third-order valence-electron chi connectivity index (χ3n) is 2.53. The number of aromatic amines is 1. The number of amides is 1. The van der Waals surface area contributed by atoms with Crippen LogP contribution in [0, 0.1) is 5.92 Å². The van der Waals surface area contributed by atoms with E-state index in [-0.39, 0.29) is 16.7 Å². The summed E-state index contributed by atoms with van der Waals surface area (Å²) in [5.41, 5.74) is 0. The van der Waals surface area contributed by atoms with Crippen LogP contribution in [0.3, 0.4) is 0 Å². The molecular weight excluding hydrogens is 268 g/mol. The SMILES string of the molecule is CC(C)CC(NS(=O)(=O)c1cn[nH]c1)C(=O)N(C)C. The largest absolute Gasteiger partial charge is 0.347 e. The second-order valence-electron chi connectivity index (χ2n) is 4.97. The van der Waals surface area contributed by atoms with Gasteiger partial charge in [-0.3, -0.25) is 9.89 Å². The van der Waals surface area contributed by atoms with Gasteiger partial charge in [-0.15, -0.1) is 0 Å². The van der Waals surface area contributed by atoms with Gasteiger partial charge in [0.05, 0.1) is 6.20 Å². The average molecular weight is 288 g/mol. The van der Waals surface area contributed by atoms with Crippen molar-refractivity contribution in [2.75, 3.05) is 14.1 Å². The highest BCUT2D eigenvalue weighted by molar-refractivity contribution is 7.89. The molecule has 1 atom stereocenters. The highest BCUT2D eigenvalue weighted by Gasteiger charge is 2.27. The molecule has 108 valence electrons. The monoisotopic (exact) mass is 288 g/mol. The molecule has 1 rings (SSSR count). The van der Waals surface area contributed by atoms with Crippen LogP contribution in [0.2, 0.25) is 0 Å². The lowest BCUT2D eigenvalue weighted by Gasteiger charge is -2.22. The lowest BCUT2D eigenvalue weighted by molar-refractivity contribution is -0.130. The molecule has 0 saturated heterocycles. The van der Waals surface area contributed by atoms with Gasteiger partial charge in [-0.2, -0.15) is 9.82 Å². The van der Waals surface area contributed by atoms with Crippen molar-refractivity contribution in [3.8, 4) is 0 Å². The molecule has 1 unspecified atom stereocenters. The van der Waals surface area contributed by atoms with E-state index in [2.05, 4.69) is 14.9 Å². The number of likely N-dealkylation sites (N-methyl/N-ethyl adjacent to an activating group) is 1. The number of carbonyl (C=O) groups is 1. The summed E-state index contributed by atoms with van der Waals surface area (Å²) in [6.45, 7) is 3.87. The number of aromatic nitrogens is 2. The molecule has 7 nitrogen and oxygen atoms in total. The Balaban J connectivity index is 2.92. The molecule has 19 heavy (non-hydrogen) atoms. The van der Waals surface area contributed by atoms with Crippen molar-refractivity contribution in [3.05, 3.63) is 12.4 Å². The Morgan fingerprint density at radius 3 is 2.53 bits per heavy atom. The van der Waals surface area contributed by atoms with Crippen LogP contribution in [0.1, 0.15) is 20.3 Å². The maximum absolute atomic E-state index is 12.1. The van der Waals surface area contributed by atoms with Gasteiger partial charge in [-0.25, -0.2) is 8.42 Å². The number of sulfonamides is 1. The van der Waals surface area contributed by atoms with Crippen molar-refractivity contribution in [1.82, 2.24) is 19.8 Å². The molecule has 0 aromatic carbocycles. The highest BCUT2D eigenvalue weighted by Crippen LogP contribution is 2.12. The van der Waals surface area contributed by atoms with Gasteiger partial charge in [-0.1, -0.05) is 13.8 Å². The van der Waals surface area contributed by atoms with Crippen LogP contribution >= 0.6 is 0 Å². The van der Waals surface area contributed by atoms with Crippen LogP contribution in [0.5, 0.6) is 0 Å². The van der Waals surface area contributed by atoms with E-state index in [4.69, 9.17) is 0 Å². The van der Waals surface area contributed by atoms with E-state index in [0.29, 0.717) is 6.42 Å². The number of rotatable bonds is 6. The first-order chi connectivity index (χ1) is 8.74. The van der Waals surface area contributed by atoms with Gasteiger partial charge in [0.25, 0.3) is 0 Å². The third-order valence-corrected chi connectivity index (χ3v) is 3.97. The Morgan fingerprint density at radius 1 is 1.47 bits per heavy atom. The Labute approximate surface area is 113 Å². The molecule has 0 aliphatic heterocycles. The maximum atomic E-state index is 12.1. The first-order valence-corrected chi connectivity index (χ1v) is 7.44. The first kappa shape index (κ1) is 15.6. The Hall–Kier alpha value is -1.41. The summed E-state index contributed by atoms with van der Waals surface area (Å²) in [6.07, 6.45) is 2.91. The Bertz CT molecular complexity index is 508. The number of hydrogen-bond donors (Lipinski definition) is 2. The molecule has 0 fully saturated rings. The minimum atomic E-state index is -3.73. The molecular formula is C11H20N4O3S. The summed E-state index contributed by atoms with van der Waals surface area (Å²) in [5, 5.41) is 6.03. The third kappa shape index (κ3) is 4.32. The quantitative estimate of drug-likeness (QED) is 0.781. The van der Waals surface area contributed by atoms with Gasteiger partial charge >= 0.3 is 0 Å². The van der Waals surface area contributed by atoms with Crippen LogP contribution < -0.4 is 4.72 Å². The van der Waals surface area contributed by atoms with Crippen molar-refractivity contribution in [2.24, 2.45) is 5.92 Å². The fraction of sp³-hybridized carbons (Fsp3) is 0.636. The first-order valence-electron chi connectivity index (χ1n) is 5.96. The molecule has 1 amide bonds. The minimum Gasteiger partial charge on any atom is -0.347 e. The number of nitrogens with zero attached hydrogens (tertiary/aromatic N) is 2. The van der Waals surface area contributed by atoms with Crippen molar-refractivity contribution in [1.29, 1.82) is 0 Å². The van der Waals surface area contributed by atoms with Gasteiger partial charge < -0.3 is 4.90 Å². The summed E-state index contributed by atoms with van der Waals surface area (Å²) < 4.78 is 26.6. The zero-order chi connectivity index (χ0) is 14.6. The van der Waals surface area contributed by atoms with Crippen LogP contribution in [-0.2, 0) is 14.8 Å². The van der Waals surface area contributed by atoms with E-state index in [1.165, 1.54) is 17.3 Å². The van der Waals surface area contributed by atoms with Crippen molar-refractivity contribution >= 4 is 15.9 Å². The number of nitrogens with one attached hydrogen (secondary N) is 2. The molecule has 0 saturated carbocycles. The van der Waals surface area contributed by atoms with E-state index >= 15 is 0 Å². The zero-order valence-electron chi connectivity index (χ0n) is 11.5. The Morgan fingerprint density at radius 2 is 2.11 bits per heavy atom. The molecule has 0 bridgehead atoms. The standard InChI is InChI=1S/C11H20N4O3S/c1-8(2)5-10(11(16)15(3)4)14-19(17,18)9-6-12-13-7-9/h6-8,10,14H,5H2,1-4H3,(H,12,13). The molecule has 1 aromatic heterocycles. The second-order valence-corrected chi connectivity index (χ2v) is 6.68. The summed E-state index contributed by atoms with van der Waals surface area (Å²) in [5.74, 6) is -0.0679. The van der Waals surface area contributed by atoms with E-state index in [1.807, 2.05) is 13.8 Å². The van der Waals surface area contributed by atoms with Gasteiger partial charge in [0.1, 0.15) is 10.9 Å². The maximum Gasteiger partial charge on any atom is 0.244 e. The molecule has 1 heterocycles. The summed E-state index contributed by atoms with van der Waals surface area (Å²) in [6, 6.07) is -0.769. The number of hydrogen-bond acceptors (Lipinski definition) is 4. The van der Waals surface area contributed by atoms with Gasteiger partial charge in [0, 0.05) is 20.3 Å². The normalized spacial score (nSPS) is 13.5. The molecule has 0 aliphatic rings. The summed E-state index contributed by atoms with van der Waals surface area (Å²) >= 11 is 0. The second kappa shape index (κ2) is 6.16. The lowest BCUT2D eigenvalue weighted by atomic mass is 10.0. The van der Waals surface area contributed by atoms with Crippen molar-refractivity contribution < 1.29 is 13.2 Å². The van der Waals surface area contributed by atoms with E-state index in [9.17, 15) is 13.2 Å². The van der Waals surface area contributed by atoms with Crippen molar-refractivity contribution in [2.45, 2.75) is 31.2 Å². The smallest absolute Gasteiger partial charge is 0.244 e. The fourth-order valence-electron chi connectivity index (χ4n) is 1.62. The molecule has 2 N–H and O–H groups in total. The van der Waals surface area contributed by atoms with E-state index < -0.39 is 16.1 Å². The van der Waals surface area contributed by atoms with Gasteiger partial charge in [0.2, 0.25) is 15.9 Å². The lowest BCUT2D eigenvalue weighted by Crippen LogP contribution is -2.46. The average Bonchev–Trinajstić information content (AvgIpc) is 2.79. The topological polar surface area (TPSA) is 95.2 Å². The van der Waals surface area contributed by atoms with Crippen LogP contribution in [0.4, 0.5) is 0 Å². The molecule has 1 aromatic rings. The predicted molar refractivity (Wildman–Crippen MR) is 70.8 cm³/mol. The molecule has 0 aliphatic carbocycles. The Kier molecular flexibility index (Phi) is 5.07. The van der Waals surface area contributed by atoms with Crippen molar-refractivity contribution in [3.63, 3.8) is 0 Å². The highest BCUT2D eigenvalue weighted by atomic mass is 32.2. The van der Waals surface area contributed by atoms with Gasteiger partial charge in [-0.05, 0) is 12.3 Å². The molecule has 0 radical (unpaired) electrons. The number of H-pyrrole nitrogens is 1.